The second-order valence-electron chi connectivity index (χ2n) is 6.04. The Morgan fingerprint density at radius 3 is 2.70 bits per heavy atom. The molecule has 1 aliphatic rings. The number of hydrogen-bond donors (Lipinski definition) is 2. The first-order chi connectivity index (χ1) is 10.8. The first-order valence-electron chi connectivity index (χ1n) is 7.62. The number of benzene rings is 1. The molecule has 5 nitrogen and oxygen atoms in total. The monoisotopic (exact) mass is 311 g/mol. The van der Waals surface area contributed by atoms with E-state index in [0.29, 0.717) is 24.2 Å². The summed E-state index contributed by atoms with van der Waals surface area (Å²) in [7, 11) is 0. The van der Waals surface area contributed by atoms with Gasteiger partial charge in [-0.15, -0.1) is 0 Å². The molecule has 120 valence electrons. The molecular formula is C18H21N3O2. The Kier molecular flexibility index (Phi) is 4.85. The van der Waals surface area contributed by atoms with Gasteiger partial charge in [0.25, 0.3) is 5.91 Å². The minimum absolute atomic E-state index is 0.101. The summed E-state index contributed by atoms with van der Waals surface area (Å²) in [6.07, 6.45) is 1.17. The molecule has 1 heterocycles. The van der Waals surface area contributed by atoms with Crippen molar-refractivity contribution in [3.8, 4) is 11.8 Å². The highest BCUT2D eigenvalue weighted by Gasteiger charge is 2.41. The number of amides is 2. The number of nitrogens with zero attached hydrogens (tertiary/aromatic N) is 1. The molecule has 2 amide bonds. The number of rotatable bonds is 4. The molecule has 0 radical (unpaired) electrons. The molecule has 0 fully saturated rings. The van der Waals surface area contributed by atoms with Crippen molar-refractivity contribution in [1.82, 2.24) is 5.32 Å². The number of amidine groups is 1. The van der Waals surface area contributed by atoms with Crippen LogP contribution in [0.5, 0.6) is 0 Å². The van der Waals surface area contributed by atoms with E-state index >= 15 is 0 Å². The van der Waals surface area contributed by atoms with Gasteiger partial charge >= 0.3 is 0 Å². The number of nitrogens with two attached hydrogens (primary N) is 1. The summed E-state index contributed by atoms with van der Waals surface area (Å²) in [5.41, 5.74) is 6.00. The lowest BCUT2D eigenvalue weighted by molar-refractivity contribution is -0.124. The number of aliphatic imine (C=N–C) groups is 1. The topological polar surface area (TPSA) is 84.5 Å². The minimum atomic E-state index is -0.747. The molecule has 1 aromatic carbocycles. The Labute approximate surface area is 136 Å². The van der Waals surface area contributed by atoms with Crippen molar-refractivity contribution in [3.05, 3.63) is 35.4 Å². The van der Waals surface area contributed by atoms with Crippen molar-refractivity contribution in [2.75, 3.05) is 0 Å². The number of carbonyl (C=O) groups is 2. The molecule has 0 bridgehead atoms. The van der Waals surface area contributed by atoms with Crippen LogP contribution in [0, 0.1) is 17.8 Å². The van der Waals surface area contributed by atoms with Gasteiger partial charge in [0.15, 0.2) is 5.84 Å². The van der Waals surface area contributed by atoms with Crippen LogP contribution in [0.4, 0.5) is 0 Å². The van der Waals surface area contributed by atoms with Crippen LogP contribution in [0.2, 0.25) is 0 Å². The van der Waals surface area contributed by atoms with Crippen LogP contribution >= 0.6 is 0 Å². The van der Waals surface area contributed by atoms with Gasteiger partial charge in [0, 0.05) is 12.0 Å². The molecule has 0 aliphatic carbocycles. The Morgan fingerprint density at radius 2 is 2.09 bits per heavy atom. The highest BCUT2D eigenvalue weighted by molar-refractivity contribution is 6.15. The van der Waals surface area contributed by atoms with Crippen LogP contribution in [-0.2, 0) is 11.2 Å². The quantitative estimate of drug-likeness (QED) is 0.829. The van der Waals surface area contributed by atoms with Crippen LogP contribution in [0.15, 0.2) is 29.3 Å². The van der Waals surface area contributed by atoms with E-state index in [0.717, 1.165) is 5.56 Å². The van der Waals surface area contributed by atoms with Crippen molar-refractivity contribution in [1.29, 1.82) is 0 Å². The Morgan fingerprint density at radius 1 is 1.39 bits per heavy atom. The van der Waals surface area contributed by atoms with E-state index in [1.54, 1.807) is 12.1 Å². The smallest absolute Gasteiger partial charge is 0.254 e. The maximum absolute atomic E-state index is 12.0. The van der Waals surface area contributed by atoms with Crippen molar-refractivity contribution >= 4 is 17.6 Å². The maximum Gasteiger partial charge on any atom is 0.254 e. The van der Waals surface area contributed by atoms with E-state index in [4.69, 9.17) is 5.73 Å². The minimum Gasteiger partial charge on any atom is -0.366 e. The number of primary amides is 1. The standard InChI is InChI=1S/C18H21N3O2/c1-12(2)18(3)17(23)20-15(21-18)11-7-5-9-13-8-4-6-10-14(13)16(19)22/h4,6,8,10,12H,5,9H2,1-3H3,(H2,19,22)(H,20,21,23). The first-order valence-corrected chi connectivity index (χ1v) is 7.62. The van der Waals surface area contributed by atoms with E-state index in [2.05, 4.69) is 22.2 Å². The zero-order valence-corrected chi connectivity index (χ0v) is 13.6. The maximum atomic E-state index is 12.0. The second-order valence-corrected chi connectivity index (χ2v) is 6.04. The predicted molar refractivity (Wildman–Crippen MR) is 89.9 cm³/mol. The van der Waals surface area contributed by atoms with E-state index < -0.39 is 11.4 Å². The lowest BCUT2D eigenvalue weighted by Gasteiger charge is -2.21. The van der Waals surface area contributed by atoms with Crippen LogP contribution in [0.1, 0.15) is 43.1 Å². The van der Waals surface area contributed by atoms with Gasteiger partial charge < -0.3 is 11.1 Å². The third-order valence-corrected chi connectivity index (χ3v) is 4.17. The van der Waals surface area contributed by atoms with E-state index in [1.807, 2.05) is 32.9 Å². The molecule has 1 atom stereocenters. The first kappa shape index (κ1) is 16.8. The SMILES string of the molecule is CC(C)C1(C)N=C(C#CCCc2ccccc2C(N)=O)NC1=O. The zero-order chi connectivity index (χ0) is 17.0. The molecule has 1 unspecified atom stereocenters. The van der Waals surface area contributed by atoms with Crippen molar-refractivity contribution in [2.45, 2.75) is 39.2 Å². The molecule has 5 heteroatoms. The van der Waals surface area contributed by atoms with Crippen LogP contribution in [-0.4, -0.2) is 23.2 Å². The van der Waals surface area contributed by atoms with Crippen molar-refractivity contribution in [2.24, 2.45) is 16.6 Å². The largest absolute Gasteiger partial charge is 0.366 e. The molecule has 3 N–H and O–H groups in total. The van der Waals surface area contributed by atoms with Gasteiger partial charge in [-0.3, -0.25) is 9.59 Å². The molecule has 2 rings (SSSR count). The number of nitrogens with one attached hydrogen (secondary N) is 1. The third kappa shape index (κ3) is 3.59. The predicted octanol–water partition coefficient (Wildman–Crippen LogP) is 1.66. The van der Waals surface area contributed by atoms with Gasteiger partial charge in [0.2, 0.25) is 5.91 Å². The summed E-state index contributed by atoms with van der Waals surface area (Å²) in [6, 6.07) is 7.22. The van der Waals surface area contributed by atoms with Gasteiger partial charge in [-0.2, -0.15) is 0 Å². The molecular weight excluding hydrogens is 290 g/mol. The average molecular weight is 311 g/mol. The molecule has 1 aromatic rings. The molecule has 23 heavy (non-hydrogen) atoms. The van der Waals surface area contributed by atoms with Gasteiger partial charge in [-0.05, 0) is 36.8 Å². The summed E-state index contributed by atoms with van der Waals surface area (Å²) in [5.74, 6) is 5.85. The number of hydrogen-bond acceptors (Lipinski definition) is 3. The van der Waals surface area contributed by atoms with Crippen molar-refractivity contribution in [3.63, 3.8) is 0 Å². The molecule has 0 saturated carbocycles. The lowest BCUT2D eigenvalue weighted by atomic mass is 9.89. The van der Waals surface area contributed by atoms with Gasteiger partial charge in [-0.1, -0.05) is 38.0 Å². The van der Waals surface area contributed by atoms with E-state index in [9.17, 15) is 9.59 Å². The fraction of sp³-hybridized carbons (Fsp3) is 0.389. The Bertz CT molecular complexity index is 725. The summed E-state index contributed by atoms with van der Waals surface area (Å²) in [4.78, 5) is 27.7. The van der Waals surface area contributed by atoms with Crippen molar-refractivity contribution < 1.29 is 9.59 Å². The summed E-state index contributed by atoms with van der Waals surface area (Å²) < 4.78 is 0. The third-order valence-electron chi connectivity index (χ3n) is 4.17. The van der Waals surface area contributed by atoms with Gasteiger partial charge in [0.05, 0.1) is 0 Å². The summed E-state index contributed by atoms with van der Waals surface area (Å²) in [5, 5.41) is 2.72. The van der Waals surface area contributed by atoms with Crippen LogP contribution in [0.25, 0.3) is 0 Å². The van der Waals surface area contributed by atoms with Gasteiger partial charge in [0.1, 0.15) is 5.54 Å². The van der Waals surface area contributed by atoms with Crippen LogP contribution in [0.3, 0.4) is 0 Å². The molecule has 0 saturated heterocycles. The lowest BCUT2D eigenvalue weighted by Crippen LogP contribution is -2.41. The normalized spacial score (nSPS) is 19.8. The highest BCUT2D eigenvalue weighted by atomic mass is 16.2. The molecule has 0 aromatic heterocycles. The Hall–Kier alpha value is -2.61. The number of aryl methyl sites for hydroxylation is 1. The van der Waals surface area contributed by atoms with E-state index in [-0.39, 0.29) is 11.8 Å². The fourth-order valence-electron chi connectivity index (χ4n) is 2.32. The van der Waals surface area contributed by atoms with E-state index in [1.165, 1.54) is 0 Å². The zero-order valence-electron chi connectivity index (χ0n) is 13.6. The summed E-state index contributed by atoms with van der Waals surface area (Å²) in [6.45, 7) is 5.73. The number of carbonyl (C=O) groups excluding carboxylic acids is 2. The van der Waals surface area contributed by atoms with Gasteiger partial charge in [-0.25, -0.2) is 4.99 Å². The Balaban J connectivity index is 2.03. The summed E-state index contributed by atoms with van der Waals surface area (Å²) >= 11 is 0. The molecule has 1 aliphatic heterocycles. The molecule has 0 spiro atoms. The average Bonchev–Trinajstić information content (AvgIpc) is 2.80. The fourth-order valence-corrected chi connectivity index (χ4v) is 2.32. The van der Waals surface area contributed by atoms with Crippen LogP contribution < -0.4 is 11.1 Å². The highest BCUT2D eigenvalue weighted by Crippen LogP contribution is 2.25. The second kappa shape index (κ2) is 6.66.